The summed E-state index contributed by atoms with van der Waals surface area (Å²) in [6.07, 6.45) is 2.01. The smallest absolute Gasteiger partial charge is 0.318 e. The maximum absolute atomic E-state index is 12.2. The summed E-state index contributed by atoms with van der Waals surface area (Å²) in [5.41, 5.74) is 0.746. The largest absolute Gasteiger partial charge is 0.480 e. The highest BCUT2D eigenvalue weighted by Crippen LogP contribution is 2.13. The van der Waals surface area contributed by atoms with Crippen LogP contribution >= 0.6 is 0 Å². The first kappa shape index (κ1) is 16.4. The summed E-state index contributed by atoms with van der Waals surface area (Å²) in [6.45, 7) is 2.98. The number of carboxylic acids is 1. The van der Waals surface area contributed by atoms with Crippen molar-refractivity contribution >= 4 is 22.1 Å². The van der Waals surface area contributed by atoms with E-state index in [1.807, 2.05) is 13.0 Å². The first-order chi connectivity index (χ1) is 9.36. The van der Waals surface area contributed by atoms with Gasteiger partial charge in [-0.15, -0.1) is 0 Å². The van der Waals surface area contributed by atoms with E-state index >= 15 is 0 Å². The van der Waals surface area contributed by atoms with Gasteiger partial charge < -0.3 is 5.11 Å². The van der Waals surface area contributed by atoms with Crippen LogP contribution in [0.1, 0.15) is 25.8 Å². The molecule has 0 fully saturated rings. The molecule has 0 radical (unpaired) electrons. The summed E-state index contributed by atoms with van der Waals surface area (Å²) in [7, 11) is -3.76. The molecule has 1 N–H and O–H groups in total. The number of rotatable bonds is 7. The van der Waals surface area contributed by atoms with Gasteiger partial charge in [0.1, 0.15) is 6.54 Å². The van der Waals surface area contributed by atoms with Crippen LogP contribution in [0.3, 0.4) is 0 Å². The molecule has 0 aliphatic heterocycles. The third-order valence-corrected chi connectivity index (χ3v) is 4.56. The van der Waals surface area contributed by atoms with Crippen molar-refractivity contribution < 1.29 is 18.3 Å². The average Bonchev–Trinajstić information content (AvgIpc) is 2.42. The molecule has 6 heteroatoms. The maximum Gasteiger partial charge on any atom is 0.318 e. The van der Waals surface area contributed by atoms with E-state index in [0.29, 0.717) is 6.42 Å². The van der Waals surface area contributed by atoms with Gasteiger partial charge in [-0.2, -0.15) is 4.31 Å². The Morgan fingerprint density at radius 2 is 1.95 bits per heavy atom. The number of nitrogens with zero attached hydrogens (tertiary/aromatic N) is 1. The summed E-state index contributed by atoms with van der Waals surface area (Å²) in [4.78, 5) is 10.8. The van der Waals surface area contributed by atoms with Crippen molar-refractivity contribution in [2.75, 3.05) is 6.54 Å². The monoisotopic (exact) mass is 297 g/mol. The fourth-order valence-electron chi connectivity index (χ4n) is 1.64. The second kappa shape index (κ2) is 7.21. The number of aliphatic carboxylic acids is 1. The molecule has 1 aromatic rings. The molecule has 0 aliphatic rings. The van der Waals surface area contributed by atoms with Crippen molar-refractivity contribution in [2.45, 2.75) is 26.3 Å². The van der Waals surface area contributed by atoms with Gasteiger partial charge in [0, 0.05) is 11.4 Å². The van der Waals surface area contributed by atoms with Crippen LogP contribution in [-0.2, 0) is 14.8 Å². The summed E-state index contributed by atoms with van der Waals surface area (Å²) in [5.74, 6) is -1.16. The van der Waals surface area contributed by atoms with E-state index in [2.05, 4.69) is 0 Å². The zero-order valence-corrected chi connectivity index (χ0v) is 12.4. The fraction of sp³-hybridized carbons (Fsp3) is 0.357. The highest BCUT2D eigenvalue weighted by molar-refractivity contribution is 7.92. The third kappa shape index (κ3) is 4.79. The van der Waals surface area contributed by atoms with Crippen LogP contribution in [0.4, 0.5) is 0 Å². The number of hydrogen-bond donors (Lipinski definition) is 1. The molecular formula is C14H19NO4S. The molecule has 0 aromatic heterocycles. The van der Waals surface area contributed by atoms with E-state index < -0.39 is 22.5 Å². The lowest BCUT2D eigenvalue weighted by Gasteiger charge is -2.24. The molecule has 0 saturated heterocycles. The summed E-state index contributed by atoms with van der Waals surface area (Å²) in [5, 5.41) is 9.90. The van der Waals surface area contributed by atoms with Crippen LogP contribution in [0, 0.1) is 0 Å². The minimum atomic E-state index is -3.76. The molecule has 0 amide bonds. The molecule has 0 bridgehead atoms. The Kier molecular flexibility index (Phi) is 5.91. The van der Waals surface area contributed by atoms with Gasteiger partial charge in [0.15, 0.2) is 0 Å². The Bertz CT molecular complexity index is 566. The molecular weight excluding hydrogens is 278 g/mol. The van der Waals surface area contributed by atoms with E-state index in [1.54, 1.807) is 31.2 Å². The van der Waals surface area contributed by atoms with Gasteiger partial charge in [-0.1, -0.05) is 37.3 Å². The van der Waals surface area contributed by atoms with Crippen molar-refractivity contribution in [1.29, 1.82) is 0 Å². The van der Waals surface area contributed by atoms with Crippen LogP contribution in [0.25, 0.3) is 6.08 Å². The van der Waals surface area contributed by atoms with Gasteiger partial charge in [-0.05, 0) is 25.0 Å². The van der Waals surface area contributed by atoms with E-state index in [-0.39, 0.29) is 6.04 Å². The molecule has 0 aliphatic carbocycles. The van der Waals surface area contributed by atoms with Crippen molar-refractivity contribution in [2.24, 2.45) is 0 Å². The second-order valence-electron chi connectivity index (χ2n) is 4.45. The predicted octanol–water partition coefficient (Wildman–Crippen LogP) is 2.17. The zero-order chi connectivity index (χ0) is 15.2. The molecule has 20 heavy (non-hydrogen) atoms. The van der Waals surface area contributed by atoms with Crippen molar-refractivity contribution in [3.63, 3.8) is 0 Å². The van der Waals surface area contributed by atoms with Crippen LogP contribution in [0.2, 0.25) is 0 Å². The standard InChI is InChI=1S/C14H19NO4S/c1-3-12(2)15(11-14(16)17)20(18,19)10-9-13-7-5-4-6-8-13/h4-10,12H,3,11H2,1-2H3,(H,16,17)/b10-9+. The quantitative estimate of drug-likeness (QED) is 0.837. The first-order valence-corrected chi connectivity index (χ1v) is 7.84. The molecule has 1 aromatic carbocycles. The minimum Gasteiger partial charge on any atom is -0.480 e. The highest BCUT2D eigenvalue weighted by atomic mass is 32.2. The van der Waals surface area contributed by atoms with E-state index in [4.69, 9.17) is 5.11 Å². The van der Waals surface area contributed by atoms with Crippen LogP contribution in [-0.4, -0.2) is 36.4 Å². The van der Waals surface area contributed by atoms with E-state index in [1.165, 1.54) is 6.08 Å². The Morgan fingerprint density at radius 1 is 1.35 bits per heavy atom. The van der Waals surface area contributed by atoms with Gasteiger partial charge in [0.2, 0.25) is 10.0 Å². The minimum absolute atomic E-state index is 0.364. The normalized spacial score (nSPS) is 13.8. The fourth-order valence-corrected chi connectivity index (χ4v) is 3.07. The molecule has 0 saturated carbocycles. The van der Waals surface area contributed by atoms with Crippen molar-refractivity contribution in [1.82, 2.24) is 4.31 Å². The lowest BCUT2D eigenvalue weighted by atomic mass is 10.2. The summed E-state index contributed by atoms with van der Waals surface area (Å²) >= 11 is 0. The molecule has 5 nitrogen and oxygen atoms in total. The van der Waals surface area contributed by atoms with E-state index in [0.717, 1.165) is 15.3 Å². The molecule has 0 spiro atoms. The molecule has 1 atom stereocenters. The SMILES string of the molecule is CCC(C)N(CC(=O)O)S(=O)(=O)/C=C/c1ccccc1. The zero-order valence-electron chi connectivity index (χ0n) is 11.6. The molecule has 110 valence electrons. The molecule has 0 heterocycles. The van der Waals surface area contributed by atoms with E-state index in [9.17, 15) is 13.2 Å². The predicted molar refractivity (Wildman–Crippen MR) is 78.5 cm³/mol. The Labute approximate surface area is 119 Å². The Hall–Kier alpha value is -1.66. The highest BCUT2D eigenvalue weighted by Gasteiger charge is 2.26. The summed E-state index contributed by atoms with van der Waals surface area (Å²) in [6, 6.07) is 8.62. The van der Waals surface area contributed by atoms with Crippen LogP contribution in [0.5, 0.6) is 0 Å². The number of hydrogen-bond acceptors (Lipinski definition) is 3. The number of benzene rings is 1. The average molecular weight is 297 g/mol. The second-order valence-corrected chi connectivity index (χ2v) is 6.23. The lowest BCUT2D eigenvalue weighted by molar-refractivity contribution is -0.137. The van der Waals surface area contributed by atoms with Crippen molar-refractivity contribution in [3.05, 3.63) is 41.3 Å². The van der Waals surface area contributed by atoms with Gasteiger partial charge in [0.25, 0.3) is 0 Å². The van der Waals surface area contributed by atoms with Crippen LogP contribution in [0.15, 0.2) is 35.7 Å². The summed E-state index contributed by atoms with van der Waals surface area (Å²) < 4.78 is 25.4. The van der Waals surface area contributed by atoms with Gasteiger partial charge in [-0.3, -0.25) is 4.79 Å². The maximum atomic E-state index is 12.2. The third-order valence-electron chi connectivity index (χ3n) is 2.93. The molecule has 1 rings (SSSR count). The van der Waals surface area contributed by atoms with Gasteiger partial charge >= 0.3 is 5.97 Å². The number of sulfonamides is 1. The Morgan fingerprint density at radius 3 is 2.45 bits per heavy atom. The van der Waals surface area contributed by atoms with Crippen LogP contribution < -0.4 is 0 Å². The van der Waals surface area contributed by atoms with Crippen molar-refractivity contribution in [3.8, 4) is 0 Å². The first-order valence-electron chi connectivity index (χ1n) is 6.33. The topological polar surface area (TPSA) is 74.7 Å². The van der Waals surface area contributed by atoms with Gasteiger partial charge in [-0.25, -0.2) is 8.42 Å². The lowest BCUT2D eigenvalue weighted by Crippen LogP contribution is -2.40. The number of carboxylic acid groups (broad SMARTS) is 1. The molecule has 1 unspecified atom stereocenters. The number of carbonyl (C=O) groups is 1. The Balaban J connectivity index is 2.99. The van der Waals surface area contributed by atoms with Gasteiger partial charge in [0.05, 0.1) is 0 Å².